The maximum Gasteiger partial charge on any atom is 0.161 e. The van der Waals surface area contributed by atoms with Gasteiger partial charge in [-0.05, 0) is 35.0 Å². The normalized spacial score (nSPS) is 11.5. The van der Waals surface area contributed by atoms with Gasteiger partial charge < -0.3 is 0 Å². The van der Waals surface area contributed by atoms with Gasteiger partial charge in [-0.2, -0.15) is 0 Å². The molecule has 0 spiro atoms. The molecule has 14 heavy (non-hydrogen) atoms. The quantitative estimate of drug-likeness (QED) is 0.783. The van der Waals surface area contributed by atoms with E-state index < -0.39 is 0 Å². The second kappa shape index (κ2) is 3.35. The molecule has 0 bridgehead atoms. The van der Waals surface area contributed by atoms with Crippen molar-refractivity contribution >= 4 is 21.6 Å². The monoisotopic (exact) mass is 253 g/mol. The van der Waals surface area contributed by atoms with Crippen molar-refractivity contribution in [3.8, 4) is 0 Å². The molecule has 0 aliphatic rings. The Morgan fingerprint density at radius 2 is 2.00 bits per heavy atom. The van der Waals surface area contributed by atoms with Crippen LogP contribution in [-0.4, -0.2) is 14.6 Å². The van der Waals surface area contributed by atoms with Crippen LogP contribution in [0.3, 0.4) is 0 Å². The Hall–Kier alpha value is -0.900. The molecule has 0 aliphatic carbocycles. The van der Waals surface area contributed by atoms with Crippen molar-refractivity contribution < 1.29 is 0 Å². The fourth-order valence-corrected chi connectivity index (χ4v) is 1.82. The van der Waals surface area contributed by atoms with Crippen molar-refractivity contribution in [3.05, 3.63) is 28.1 Å². The molecule has 0 saturated carbocycles. The highest BCUT2D eigenvalue weighted by molar-refractivity contribution is 9.10. The number of halogens is 1. The van der Waals surface area contributed by atoms with Crippen LogP contribution in [0.15, 0.2) is 16.6 Å². The van der Waals surface area contributed by atoms with E-state index in [0.717, 1.165) is 21.6 Å². The first-order valence-electron chi connectivity index (χ1n) is 4.61. The third-order valence-electron chi connectivity index (χ3n) is 2.29. The van der Waals surface area contributed by atoms with E-state index in [2.05, 4.69) is 51.3 Å². The van der Waals surface area contributed by atoms with Crippen LogP contribution < -0.4 is 0 Å². The van der Waals surface area contributed by atoms with Gasteiger partial charge in [0.15, 0.2) is 5.65 Å². The molecule has 2 heterocycles. The molecule has 0 N–H and O–H groups in total. The summed E-state index contributed by atoms with van der Waals surface area (Å²) >= 11 is 3.51. The maximum absolute atomic E-state index is 4.19. The zero-order valence-corrected chi connectivity index (χ0v) is 10.0. The van der Waals surface area contributed by atoms with Gasteiger partial charge in [0.1, 0.15) is 5.82 Å². The smallest absolute Gasteiger partial charge is 0.161 e. The Morgan fingerprint density at radius 3 is 2.64 bits per heavy atom. The average Bonchev–Trinajstić information content (AvgIpc) is 2.55. The zero-order chi connectivity index (χ0) is 10.3. The summed E-state index contributed by atoms with van der Waals surface area (Å²) in [5.41, 5.74) is 2.06. The molecule has 0 fully saturated rings. The number of aromatic nitrogens is 3. The minimum Gasteiger partial charge on any atom is -0.282 e. The van der Waals surface area contributed by atoms with Crippen LogP contribution in [0, 0.1) is 6.92 Å². The molecule has 2 aromatic heterocycles. The Balaban J connectivity index is 2.82. The van der Waals surface area contributed by atoms with E-state index in [0.29, 0.717) is 5.92 Å². The largest absolute Gasteiger partial charge is 0.282 e. The molecule has 2 rings (SSSR count). The van der Waals surface area contributed by atoms with E-state index >= 15 is 0 Å². The molecule has 3 nitrogen and oxygen atoms in total. The number of rotatable bonds is 1. The summed E-state index contributed by atoms with van der Waals surface area (Å²) in [7, 11) is 0. The predicted molar refractivity (Wildman–Crippen MR) is 59.5 cm³/mol. The minimum absolute atomic E-state index is 0.387. The molecule has 4 heteroatoms. The van der Waals surface area contributed by atoms with Crippen LogP contribution in [-0.2, 0) is 0 Å². The third-order valence-corrected chi connectivity index (χ3v) is 3.13. The van der Waals surface area contributed by atoms with E-state index in [-0.39, 0.29) is 0 Å². The lowest BCUT2D eigenvalue weighted by Gasteiger charge is -2.07. The van der Waals surface area contributed by atoms with Gasteiger partial charge in [0.25, 0.3) is 0 Å². The van der Waals surface area contributed by atoms with Crippen molar-refractivity contribution in [2.75, 3.05) is 0 Å². The first-order chi connectivity index (χ1) is 6.61. The highest BCUT2D eigenvalue weighted by Gasteiger charge is 2.11. The molecule has 0 amide bonds. The molecule has 2 aromatic rings. The fraction of sp³-hybridized carbons (Fsp3) is 0.400. The first kappa shape index (κ1) is 9.65. The van der Waals surface area contributed by atoms with Crippen LogP contribution in [0.4, 0.5) is 0 Å². The fourth-order valence-electron chi connectivity index (χ4n) is 1.51. The highest BCUT2D eigenvalue weighted by atomic mass is 79.9. The Kier molecular flexibility index (Phi) is 2.31. The second-order valence-corrected chi connectivity index (χ2v) is 4.53. The van der Waals surface area contributed by atoms with Gasteiger partial charge in [0, 0.05) is 16.1 Å². The van der Waals surface area contributed by atoms with E-state index in [1.54, 1.807) is 0 Å². The molecule has 0 unspecified atom stereocenters. The van der Waals surface area contributed by atoms with Crippen molar-refractivity contribution in [2.45, 2.75) is 26.7 Å². The van der Waals surface area contributed by atoms with Crippen LogP contribution in [0.1, 0.15) is 31.3 Å². The molecule has 0 radical (unpaired) electrons. The minimum atomic E-state index is 0.387. The average molecular weight is 254 g/mol. The van der Waals surface area contributed by atoms with E-state index in [9.17, 15) is 0 Å². The Bertz CT molecular complexity index is 473. The molecule has 0 aromatic carbocycles. The number of pyridine rings is 1. The summed E-state index contributed by atoms with van der Waals surface area (Å²) in [6.45, 7) is 6.31. The van der Waals surface area contributed by atoms with Crippen molar-refractivity contribution in [1.82, 2.24) is 14.6 Å². The van der Waals surface area contributed by atoms with Gasteiger partial charge in [0.2, 0.25) is 0 Å². The Morgan fingerprint density at radius 1 is 1.29 bits per heavy atom. The van der Waals surface area contributed by atoms with Crippen LogP contribution >= 0.6 is 15.9 Å². The summed E-state index contributed by atoms with van der Waals surface area (Å²) in [4.78, 5) is 0. The summed E-state index contributed by atoms with van der Waals surface area (Å²) in [6, 6.07) is 3.97. The maximum atomic E-state index is 4.19. The van der Waals surface area contributed by atoms with Gasteiger partial charge >= 0.3 is 0 Å². The van der Waals surface area contributed by atoms with Crippen molar-refractivity contribution in [2.24, 2.45) is 0 Å². The van der Waals surface area contributed by atoms with E-state index in [4.69, 9.17) is 0 Å². The summed E-state index contributed by atoms with van der Waals surface area (Å²) in [5, 5.41) is 8.32. The number of hydrogen-bond donors (Lipinski definition) is 0. The van der Waals surface area contributed by atoms with Crippen molar-refractivity contribution in [1.29, 1.82) is 0 Å². The van der Waals surface area contributed by atoms with Crippen LogP contribution in [0.2, 0.25) is 0 Å². The Labute approximate surface area is 91.3 Å². The molecular weight excluding hydrogens is 242 g/mol. The lowest BCUT2D eigenvalue weighted by Crippen LogP contribution is -2.00. The molecule has 0 saturated heterocycles. The number of hydrogen-bond acceptors (Lipinski definition) is 2. The zero-order valence-electron chi connectivity index (χ0n) is 8.45. The summed E-state index contributed by atoms with van der Waals surface area (Å²) in [5.74, 6) is 1.40. The summed E-state index contributed by atoms with van der Waals surface area (Å²) < 4.78 is 3.18. The van der Waals surface area contributed by atoms with Gasteiger partial charge in [-0.25, -0.2) is 0 Å². The summed E-state index contributed by atoms with van der Waals surface area (Å²) in [6.07, 6.45) is 0. The van der Waals surface area contributed by atoms with Gasteiger partial charge in [-0.1, -0.05) is 13.8 Å². The third kappa shape index (κ3) is 1.34. The van der Waals surface area contributed by atoms with Gasteiger partial charge in [-0.3, -0.25) is 4.40 Å². The van der Waals surface area contributed by atoms with E-state index in [1.165, 1.54) is 0 Å². The topological polar surface area (TPSA) is 30.2 Å². The number of fused-ring (bicyclic) bond motifs is 1. The second-order valence-electron chi connectivity index (χ2n) is 3.67. The van der Waals surface area contributed by atoms with Gasteiger partial charge in [-0.15, -0.1) is 10.2 Å². The molecular formula is C10H12BrN3. The van der Waals surface area contributed by atoms with E-state index in [1.807, 2.05) is 12.1 Å². The predicted octanol–water partition coefficient (Wildman–Crippen LogP) is 2.92. The van der Waals surface area contributed by atoms with Crippen LogP contribution in [0.25, 0.3) is 5.65 Å². The van der Waals surface area contributed by atoms with Crippen LogP contribution in [0.5, 0.6) is 0 Å². The molecule has 0 atom stereocenters. The first-order valence-corrected chi connectivity index (χ1v) is 5.40. The van der Waals surface area contributed by atoms with Crippen molar-refractivity contribution in [3.63, 3.8) is 0 Å². The molecule has 74 valence electrons. The SMILES string of the molecule is Cc1c(Br)ccc2nnc(C(C)C)n12. The van der Waals surface area contributed by atoms with Gasteiger partial charge in [0.05, 0.1) is 0 Å². The standard InChI is InChI=1S/C10H12BrN3/c1-6(2)10-13-12-9-5-4-8(11)7(3)14(9)10/h4-6H,1-3H3. The number of nitrogens with zero attached hydrogens (tertiary/aromatic N) is 3. The highest BCUT2D eigenvalue weighted by Crippen LogP contribution is 2.21. The lowest BCUT2D eigenvalue weighted by atomic mass is 10.2. The lowest BCUT2D eigenvalue weighted by molar-refractivity contribution is 0.751. The number of aryl methyl sites for hydroxylation is 1. The molecule has 0 aliphatic heterocycles.